The molecule has 0 aliphatic rings. The molecule has 0 aliphatic heterocycles. The Hall–Kier alpha value is 0.0975. The van der Waals surface area contributed by atoms with Crippen LogP contribution in [-0.4, -0.2) is 70.7 Å². The van der Waals surface area contributed by atoms with E-state index in [2.05, 4.69) is 0 Å². The fourth-order valence-corrected chi connectivity index (χ4v) is 19.2. The van der Waals surface area contributed by atoms with Crippen LogP contribution < -0.4 is 0 Å². The normalized spacial score (nSPS) is 14.4. The van der Waals surface area contributed by atoms with Crippen molar-refractivity contribution in [3.63, 3.8) is 0 Å². The Morgan fingerprint density at radius 2 is 1.15 bits per heavy atom. The molecule has 0 fully saturated rings. The van der Waals surface area contributed by atoms with Gasteiger partial charge in [0.2, 0.25) is 0 Å². The van der Waals surface area contributed by atoms with Crippen molar-refractivity contribution in [1.82, 2.24) is 0 Å². The molecule has 0 aliphatic carbocycles. The number of carbonyl (C=O) groups is 1. The maximum absolute atomic E-state index is 12.5. The van der Waals surface area contributed by atoms with Crippen molar-refractivity contribution in [3.05, 3.63) is 0 Å². The molecule has 0 radical (unpaired) electrons. The maximum atomic E-state index is 12.5. The van der Waals surface area contributed by atoms with Crippen molar-refractivity contribution in [1.29, 1.82) is 0 Å². The lowest BCUT2D eigenvalue weighted by atomic mass is 9.87. The largest absolute Gasteiger partial charge is 0.495 e. The van der Waals surface area contributed by atoms with E-state index >= 15 is 0 Å². The lowest BCUT2D eigenvalue weighted by Crippen LogP contribution is -2.58. The van der Waals surface area contributed by atoms with Crippen molar-refractivity contribution in [2.75, 3.05) is 20.3 Å². The Labute approximate surface area is 168 Å². The zero-order chi connectivity index (χ0) is 21.7. The summed E-state index contributed by atoms with van der Waals surface area (Å²) in [6.07, 6.45) is 0.269. The predicted octanol–water partition coefficient (Wildman–Crippen LogP) is 2.41. The molecule has 0 aromatic heterocycles. The summed E-state index contributed by atoms with van der Waals surface area (Å²) < 4.78 is 29.7. The zero-order valence-corrected chi connectivity index (χ0v) is 22.5. The van der Waals surface area contributed by atoms with Gasteiger partial charge in [0.25, 0.3) is 0 Å². The molecule has 0 rings (SSSR count). The second-order valence-electron chi connectivity index (χ2n) is 8.45. The highest BCUT2D eigenvalue weighted by Crippen LogP contribution is 2.28. The number of carbonyl (C=O) groups excluding carboxylic acids is 1. The van der Waals surface area contributed by atoms with Crippen LogP contribution in [0.15, 0.2) is 0 Å². The molecule has 0 aromatic rings. The fourth-order valence-electron chi connectivity index (χ4n) is 2.76. The van der Waals surface area contributed by atoms with Crippen molar-refractivity contribution in [3.8, 4) is 0 Å². The van der Waals surface area contributed by atoms with E-state index in [-0.39, 0.29) is 6.42 Å². The van der Waals surface area contributed by atoms with Gasteiger partial charge in [-0.2, -0.15) is 0 Å². The zero-order valence-electron chi connectivity index (χ0n) is 18.5. The predicted molar refractivity (Wildman–Crippen MR) is 113 cm³/mol. The van der Waals surface area contributed by atoms with Crippen LogP contribution >= 0.6 is 0 Å². The van der Waals surface area contributed by atoms with Gasteiger partial charge in [0.1, 0.15) is 5.41 Å². The third-order valence-corrected chi connectivity index (χ3v) is 17.5. The van der Waals surface area contributed by atoms with E-state index in [0.29, 0.717) is 0 Å². The first-order valence-corrected chi connectivity index (χ1v) is 20.4. The van der Waals surface area contributed by atoms with Gasteiger partial charge in [-0.05, 0) is 58.8 Å². The first-order chi connectivity index (χ1) is 12.0. The molecule has 0 unspecified atom stereocenters. The van der Waals surface area contributed by atoms with Crippen LogP contribution in [-0.2, 0) is 26.0 Å². The quantitative estimate of drug-likeness (QED) is 0.430. The maximum Gasteiger partial charge on any atom is 0.386 e. The van der Waals surface area contributed by atoms with Crippen LogP contribution in [0, 0.1) is 5.41 Å². The molecule has 27 heavy (non-hydrogen) atoms. The standard InChI is InChI=1S/C15H38O8Si4/c1-11-15(12-16,13-17)14(18)20-25(5,6)22-27(9,10)23-26(7,8)21-24(3,4)19-2/h16-17H,11-13H2,1-10H3. The van der Waals surface area contributed by atoms with Gasteiger partial charge in [-0.25, -0.2) is 0 Å². The van der Waals surface area contributed by atoms with Crippen LogP contribution in [0.5, 0.6) is 0 Å². The van der Waals surface area contributed by atoms with E-state index in [1.165, 1.54) is 0 Å². The summed E-state index contributed by atoms with van der Waals surface area (Å²) >= 11 is 0. The summed E-state index contributed by atoms with van der Waals surface area (Å²) in [5, 5.41) is 19.1. The summed E-state index contributed by atoms with van der Waals surface area (Å²) in [7, 11) is -8.74. The average Bonchev–Trinajstić information content (AvgIpc) is 2.45. The van der Waals surface area contributed by atoms with Crippen molar-refractivity contribution < 1.29 is 36.2 Å². The highest BCUT2D eigenvalue weighted by molar-refractivity contribution is 6.87. The van der Waals surface area contributed by atoms with Crippen LogP contribution in [0.1, 0.15) is 13.3 Å². The second kappa shape index (κ2) is 9.73. The van der Waals surface area contributed by atoms with Crippen LogP contribution in [0.2, 0.25) is 52.4 Å². The topological polar surface area (TPSA) is 104 Å². The molecule has 8 nitrogen and oxygen atoms in total. The van der Waals surface area contributed by atoms with E-state index in [1.807, 2.05) is 39.3 Å². The van der Waals surface area contributed by atoms with E-state index < -0.39 is 58.8 Å². The smallest absolute Gasteiger partial charge is 0.386 e. The lowest BCUT2D eigenvalue weighted by Gasteiger charge is -2.40. The summed E-state index contributed by atoms with van der Waals surface area (Å²) in [4.78, 5) is 12.5. The molecule has 0 amide bonds. The van der Waals surface area contributed by atoms with Gasteiger partial charge in [-0.1, -0.05) is 6.92 Å². The summed E-state index contributed by atoms with van der Waals surface area (Å²) in [5.41, 5.74) is -1.31. The van der Waals surface area contributed by atoms with Gasteiger partial charge in [0.15, 0.2) is 0 Å². The molecule has 12 heteroatoms. The third kappa shape index (κ3) is 8.97. The monoisotopic (exact) mass is 458 g/mol. The Bertz CT molecular complexity index is 484. The Morgan fingerprint density at radius 1 is 0.778 bits per heavy atom. The summed E-state index contributed by atoms with van der Waals surface area (Å²) in [6, 6.07) is 0. The second-order valence-corrected chi connectivity index (χ2v) is 22.7. The summed E-state index contributed by atoms with van der Waals surface area (Å²) in [6.45, 7) is 15.8. The van der Waals surface area contributed by atoms with Gasteiger partial charge in [-0.3, -0.25) is 4.79 Å². The SMILES string of the molecule is CCC(CO)(CO)C(=O)O[Si](C)(C)O[Si](C)(C)O[Si](C)(C)O[Si](C)(C)OC. The molecule has 0 heterocycles. The van der Waals surface area contributed by atoms with Crippen LogP contribution in [0.4, 0.5) is 0 Å². The molecular weight excluding hydrogens is 421 g/mol. The van der Waals surface area contributed by atoms with Gasteiger partial charge in [-0.15, -0.1) is 0 Å². The van der Waals surface area contributed by atoms with Crippen molar-refractivity contribution in [2.45, 2.75) is 65.7 Å². The molecule has 0 spiro atoms. The molecule has 2 N–H and O–H groups in total. The number of hydrogen-bond donors (Lipinski definition) is 2. The van der Waals surface area contributed by atoms with E-state index in [0.717, 1.165) is 0 Å². The molecule has 162 valence electrons. The number of rotatable bonds is 12. The minimum absolute atomic E-state index is 0.269. The molecule has 0 bridgehead atoms. The van der Waals surface area contributed by atoms with E-state index in [4.69, 9.17) is 21.2 Å². The number of hydrogen-bond acceptors (Lipinski definition) is 8. The van der Waals surface area contributed by atoms with Gasteiger partial charge in [0, 0.05) is 7.11 Å². The molecule has 0 aromatic carbocycles. The Balaban J connectivity index is 5.17. The first-order valence-electron chi connectivity index (χ1n) is 9.10. The minimum atomic E-state index is -2.92. The van der Waals surface area contributed by atoms with E-state index in [1.54, 1.807) is 27.1 Å². The fraction of sp³-hybridized carbons (Fsp3) is 0.933. The van der Waals surface area contributed by atoms with Gasteiger partial charge < -0.3 is 31.4 Å². The van der Waals surface area contributed by atoms with Crippen molar-refractivity contribution in [2.24, 2.45) is 5.41 Å². The third-order valence-electron chi connectivity index (χ3n) is 4.02. The number of aliphatic hydroxyl groups excluding tert-OH is 2. The Morgan fingerprint density at radius 3 is 1.48 bits per heavy atom. The van der Waals surface area contributed by atoms with Gasteiger partial charge >= 0.3 is 40.2 Å². The summed E-state index contributed by atoms with van der Waals surface area (Å²) in [5.74, 6) is -0.642. The highest BCUT2D eigenvalue weighted by Gasteiger charge is 2.47. The molecule has 0 atom stereocenters. The van der Waals surface area contributed by atoms with E-state index in [9.17, 15) is 15.0 Å². The lowest BCUT2D eigenvalue weighted by molar-refractivity contribution is -0.153. The highest BCUT2D eigenvalue weighted by atomic mass is 28.5. The molecule has 0 saturated carbocycles. The molecule has 0 saturated heterocycles. The first kappa shape index (κ1) is 27.1. The van der Waals surface area contributed by atoms with Crippen LogP contribution in [0.25, 0.3) is 0 Å². The number of aliphatic hydroxyl groups is 2. The molecular formula is C15H38O8Si4. The van der Waals surface area contributed by atoms with Crippen LogP contribution in [0.3, 0.4) is 0 Å². The minimum Gasteiger partial charge on any atom is -0.495 e. The Kier molecular flexibility index (Phi) is 9.77. The average molecular weight is 459 g/mol. The van der Waals surface area contributed by atoms with Crippen molar-refractivity contribution >= 4 is 40.2 Å². The van der Waals surface area contributed by atoms with Gasteiger partial charge in [0.05, 0.1) is 13.2 Å².